The minimum absolute atomic E-state index is 0.0177. The van der Waals surface area contributed by atoms with Gasteiger partial charge in [-0.3, -0.25) is 24.0 Å². The van der Waals surface area contributed by atoms with Crippen LogP contribution >= 0.6 is 0 Å². The number of rotatable bonds is 36. The third-order valence-corrected chi connectivity index (χ3v) is 7.83. The Morgan fingerprint density at radius 1 is 0.471 bits per heavy atom. The highest BCUT2D eigenvalue weighted by Gasteiger charge is 2.34. The second-order valence-electron chi connectivity index (χ2n) is 12.6. The zero-order valence-electron chi connectivity index (χ0n) is 31.2. The monoisotopic (exact) mass is 732 g/mol. The molecule has 0 aromatic rings. The fraction of sp³-hybridized carbons (Fsp3) is 0.857. The summed E-state index contributed by atoms with van der Waals surface area (Å²) in [6.07, 6.45) is 10.7. The maximum absolute atomic E-state index is 13.3. The van der Waals surface area contributed by atoms with Gasteiger partial charge in [0, 0.05) is 51.7 Å². The van der Waals surface area contributed by atoms with Gasteiger partial charge in [0.05, 0.1) is 46.8 Å². The molecule has 0 fully saturated rings. The van der Waals surface area contributed by atoms with Crippen molar-refractivity contribution in [1.29, 1.82) is 0 Å². The molecule has 0 saturated carbocycles. The van der Waals surface area contributed by atoms with Gasteiger partial charge in [-0.1, -0.05) is 38.5 Å². The highest BCUT2D eigenvalue weighted by molar-refractivity contribution is 5.77. The Morgan fingerprint density at radius 3 is 1.18 bits per heavy atom. The maximum atomic E-state index is 13.3. The summed E-state index contributed by atoms with van der Waals surface area (Å²) in [5.74, 6) is -0.896. The van der Waals surface area contributed by atoms with Gasteiger partial charge in [0.1, 0.15) is 5.54 Å². The van der Waals surface area contributed by atoms with Gasteiger partial charge in [0.15, 0.2) is 0 Å². The number of amides is 4. The Balaban J connectivity index is 5.26. The first-order valence-corrected chi connectivity index (χ1v) is 18.7. The van der Waals surface area contributed by atoms with Gasteiger partial charge in [-0.05, 0) is 51.7 Å². The molecule has 16 nitrogen and oxygen atoms in total. The van der Waals surface area contributed by atoms with Crippen molar-refractivity contribution in [2.24, 2.45) is 17.2 Å². The number of ether oxygens (including phenoxy) is 4. The molecule has 0 unspecified atom stereocenters. The molecule has 0 saturated heterocycles. The number of hydrogen-bond donors (Lipinski definition) is 7. The third kappa shape index (κ3) is 30.4. The minimum Gasteiger partial charge on any atom is -0.469 e. The number of carbonyl (C=O) groups excluding carboxylic acids is 5. The lowest BCUT2D eigenvalue weighted by atomic mass is 10.0. The van der Waals surface area contributed by atoms with Crippen LogP contribution in [0.1, 0.15) is 103 Å². The van der Waals surface area contributed by atoms with Crippen LogP contribution in [-0.4, -0.2) is 121 Å². The predicted octanol–water partition coefficient (Wildman–Crippen LogP) is 0.531. The second kappa shape index (κ2) is 34.2. The van der Waals surface area contributed by atoms with E-state index in [1.165, 1.54) is 7.11 Å². The number of hydrogen-bond acceptors (Lipinski definition) is 12. The summed E-state index contributed by atoms with van der Waals surface area (Å²) in [6.45, 7) is 3.11. The first kappa shape index (κ1) is 48.1. The minimum atomic E-state index is -1.14. The molecule has 0 aliphatic carbocycles. The van der Waals surface area contributed by atoms with Crippen molar-refractivity contribution in [2.45, 2.75) is 108 Å². The van der Waals surface area contributed by atoms with Gasteiger partial charge < -0.3 is 57.4 Å². The lowest BCUT2D eigenvalue weighted by Gasteiger charge is -2.34. The van der Waals surface area contributed by atoms with Crippen LogP contribution in [0.5, 0.6) is 0 Å². The fourth-order valence-corrected chi connectivity index (χ4v) is 4.86. The third-order valence-electron chi connectivity index (χ3n) is 7.83. The van der Waals surface area contributed by atoms with Crippen molar-refractivity contribution in [1.82, 2.24) is 21.3 Å². The first-order chi connectivity index (χ1) is 24.7. The van der Waals surface area contributed by atoms with Crippen molar-refractivity contribution >= 4 is 29.6 Å². The molecule has 0 aromatic heterocycles. The van der Waals surface area contributed by atoms with Crippen LogP contribution in [0, 0.1) is 0 Å². The quantitative estimate of drug-likeness (QED) is 0.0345. The molecule has 4 amide bonds. The summed E-state index contributed by atoms with van der Waals surface area (Å²) in [7, 11) is 1.40. The van der Waals surface area contributed by atoms with Gasteiger partial charge in [-0.2, -0.15) is 0 Å². The topological polar surface area (TPSA) is 248 Å². The van der Waals surface area contributed by atoms with Gasteiger partial charge in [0.2, 0.25) is 23.6 Å². The number of nitrogens with two attached hydrogens (primary N) is 3. The molecule has 0 atom stereocenters. The maximum Gasteiger partial charge on any atom is 0.305 e. The van der Waals surface area contributed by atoms with Crippen LogP contribution in [0.4, 0.5) is 0 Å². The highest BCUT2D eigenvalue weighted by atomic mass is 16.5. The van der Waals surface area contributed by atoms with Crippen LogP contribution in [0.25, 0.3) is 0 Å². The summed E-state index contributed by atoms with van der Waals surface area (Å²) in [4.78, 5) is 61.1. The molecule has 0 aromatic carbocycles. The summed E-state index contributed by atoms with van der Waals surface area (Å²) in [5, 5.41) is 11.4. The first-order valence-electron chi connectivity index (χ1n) is 18.7. The Kier molecular flexibility index (Phi) is 32.3. The molecule has 0 bridgehead atoms. The van der Waals surface area contributed by atoms with Crippen LogP contribution in [0.2, 0.25) is 0 Å². The SMILES string of the molecule is COC(=O)CCCCCCCCCCC(=O)NC(COCCC(=O)NCCCN)(COCCC(=O)NCCCN)COCCC(=O)NCCCN. The highest BCUT2D eigenvalue weighted by Crippen LogP contribution is 2.14. The molecule has 0 aliphatic heterocycles. The fourth-order valence-electron chi connectivity index (χ4n) is 4.86. The van der Waals surface area contributed by atoms with Crippen LogP contribution in [0.3, 0.4) is 0 Å². The Bertz CT molecular complexity index is 854. The average Bonchev–Trinajstić information content (AvgIpc) is 3.11. The zero-order valence-corrected chi connectivity index (χ0v) is 31.2. The zero-order chi connectivity index (χ0) is 37.8. The number of methoxy groups -OCH3 is 1. The predicted molar refractivity (Wildman–Crippen MR) is 195 cm³/mol. The lowest BCUT2D eigenvalue weighted by Crippen LogP contribution is -2.58. The van der Waals surface area contributed by atoms with E-state index >= 15 is 0 Å². The summed E-state index contributed by atoms with van der Waals surface area (Å²) in [6, 6.07) is 0. The van der Waals surface area contributed by atoms with Crippen LogP contribution < -0.4 is 38.5 Å². The van der Waals surface area contributed by atoms with E-state index in [4.69, 9.17) is 31.4 Å². The Hall–Kier alpha value is -2.89. The van der Waals surface area contributed by atoms with Crippen LogP contribution in [-0.2, 0) is 42.9 Å². The van der Waals surface area contributed by atoms with E-state index in [1.807, 2.05) is 0 Å². The number of unbranched alkanes of at least 4 members (excludes halogenated alkanes) is 7. The van der Waals surface area contributed by atoms with Crippen molar-refractivity contribution < 1.29 is 42.9 Å². The molecule has 298 valence electrons. The van der Waals surface area contributed by atoms with E-state index < -0.39 is 5.54 Å². The van der Waals surface area contributed by atoms with E-state index in [2.05, 4.69) is 26.0 Å². The van der Waals surface area contributed by atoms with Crippen molar-refractivity contribution in [2.75, 3.05) is 86.0 Å². The molecule has 51 heavy (non-hydrogen) atoms. The average molecular weight is 732 g/mol. The Morgan fingerprint density at radius 2 is 0.824 bits per heavy atom. The molecule has 0 heterocycles. The second-order valence-corrected chi connectivity index (χ2v) is 12.6. The molecular formula is C35H69N7O9. The van der Waals surface area contributed by atoms with Crippen molar-refractivity contribution in [3.8, 4) is 0 Å². The number of nitrogens with one attached hydrogen (secondary N) is 4. The number of esters is 1. The summed E-state index contributed by atoms with van der Waals surface area (Å²) >= 11 is 0. The molecule has 10 N–H and O–H groups in total. The lowest BCUT2D eigenvalue weighted by molar-refractivity contribution is -0.140. The van der Waals surface area contributed by atoms with Crippen LogP contribution in [0.15, 0.2) is 0 Å². The van der Waals surface area contributed by atoms with E-state index in [0.717, 1.165) is 44.9 Å². The standard InChI is InChI=1S/C35H69N7O9/c1-48-34(47)14-9-7-5-3-2-4-6-8-13-33(46)42-35(27-49-24-15-30(43)39-21-10-18-36,28-50-25-16-31(44)40-22-11-19-37)29-51-26-17-32(45)41-23-12-20-38/h2-29,36-38H2,1H3,(H,39,43)(H,40,44)(H,41,45)(H,42,46). The van der Waals surface area contributed by atoms with Crippen molar-refractivity contribution in [3.05, 3.63) is 0 Å². The Labute approximate surface area is 305 Å². The van der Waals surface area contributed by atoms with Gasteiger partial charge in [0.25, 0.3) is 0 Å². The molecule has 0 radical (unpaired) electrons. The van der Waals surface area contributed by atoms with Gasteiger partial charge >= 0.3 is 5.97 Å². The smallest absolute Gasteiger partial charge is 0.305 e. The summed E-state index contributed by atoms with van der Waals surface area (Å²) < 4.78 is 22.4. The normalized spacial score (nSPS) is 11.2. The molecule has 0 spiro atoms. The van der Waals surface area contributed by atoms with Gasteiger partial charge in [-0.15, -0.1) is 0 Å². The molecule has 0 aliphatic rings. The number of carbonyl (C=O) groups is 5. The largest absolute Gasteiger partial charge is 0.469 e. The van der Waals surface area contributed by atoms with E-state index in [1.54, 1.807) is 0 Å². The van der Waals surface area contributed by atoms with E-state index in [-0.39, 0.29) is 94.9 Å². The van der Waals surface area contributed by atoms with E-state index in [9.17, 15) is 24.0 Å². The van der Waals surface area contributed by atoms with E-state index in [0.29, 0.717) is 71.4 Å². The summed E-state index contributed by atoms with van der Waals surface area (Å²) in [5.41, 5.74) is 15.4. The van der Waals surface area contributed by atoms with Gasteiger partial charge in [-0.25, -0.2) is 0 Å². The molecule has 16 heteroatoms. The molecular weight excluding hydrogens is 662 g/mol. The molecule has 0 rings (SSSR count). The van der Waals surface area contributed by atoms with Crippen molar-refractivity contribution in [3.63, 3.8) is 0 Å².